The minimum atomic E-state index is -1.42. The van der Waals surface area contributed by atoms with Crippen molar-refractivity contribution in [3.63, 3.8) is 0 Å². The van der Waals surface area contributed by atoms with Crippen LogP contribution in [0.3, 0.4) is 0 Å². The second-order valence-electron chi connectivity index (χ2n) is 10.7. The highest BCUT2D eigenvalue weighted by atomic mass is 28.3. The zero-order valence-corrected chi connectivity index (χ0v) is 23.6. The average molecular weight is 505 g/mol. The highest BCUT2D eigenvalue weighted by Gasteiger charge is 2.38. The highest BCUT2D eigenvalue weighted by molar-refractivity contribution is 6.78. The van der Waals surface area contributed by atoms with Crippen LogP contribution in [0.4, 0.5) is 0 Å². The Balaban J connectivity index is 1.79. The third-order valence-electron chi connectivity index (χ3n) is 7.10. The average Bonchev–Trinajstić information content (AvgIpc) is 2.94. The summed E-state index contributed by atoms with van der Waals surface area (Å²) in [4.78, 5) is 0. The molecular weight excluding hydrogens is 464 g/mol. The van der Waals surface area contributed by atoms with E-state index in [1.54, 1.807) is 0 Å². The molecule has 0 atom stereocenters. The summed E-state index contributed by atoms with van der Waals surface area (Å²) in [6.45, 7) is 7.93. The van der Waals surface area contributed by atoms with Crippen molar-refractivity contribution < 1.29 is 4.74 Å². The largest absolute Gasteiger partial charge is 0.357 e. The Morgan fingerprint density at radius 2 is 1.11 bits per heavy atom. The maximum atomic E-state index is 7.23. The first-order valence-corrected chi connectivity index (χ1v) is 17.0. The van der Waals surface area contributed by atoms with Crippen LogP contribution in [-0.4, -0.2) is 14.7 Å². The molecule has 1 nitrogen and oxygen atoms in total. The van der Waals surface area contributed by atoms with E-state index in [9.17, 15) is 0 Å². The molecule has 0 bridgehead atoms. The van der Waals surface area contributed by atoms with E-state index in [1.165, 1.54) is 30.0 Å². The predicted molar refractivity (Wildman–Crippen MR) is 162 cm³/mol. The SMILES string of the molecule is CCCC[Si](C)(C)C/C(=C\c1ccccc1)COC(c1ccccc1)(c1ccccc1)c1ccccc1. The van der Waals surface area contributed by atoms with Crippen molar-refractivity contribution in [1.29, 1.82) is 0 Å². The first-order valence-electron chi connectivity index (χ1n) is 13.6. The van der Waals surface area contributed by atoms with Crippen LogP contribution >= 0.6 is 0 Å². The van der Waals surface area contributed by atoms with Crippen LogP contribution in [0, 0.1) is 0 Å². The summed E-state index contributed by atoms with van der Waals surface area (Å²) in [5.74, 6) is 0. The summed E-state index contributed by atoms with van der Waals surface area (Å²) in [5, 5.41) is 0. The fourth-order valence-electron chi connectivity index (χ4n) is 5.26. The summed E-state index contributed by atoms with van der Waals surface area (Å²) < 4.78 is 7.23. The second-order valence-corrected chi connectivity index (χ2v) is 15.9. The predicted octanol–water partition coefficient (Wildman–Crippen LogP) is 9.59. The van der Waals surface area contributed by atoms with Gasteiger partial charge in [-0.3, -0.25) is 0 Å². The minimum absolute atomic E-state index is 0.579. The third-order valence-corrected chi connectivity index (χ3v) is 10.2. The van der Waals surface area contributed by atoms with E-state index in [0.29, 0.717) is 6.61 Å². The number of hydrogen-bond donors (Lipinski definition) is 0. The molecule has 0 amide bonds. The van der Waals surface area contributed by atoms with Gasteiger partial charge >= 0.3 is 0 Å². The van der Waals surface area contributed by atoms with Gasteiger partial charge in [0.1, 0.15) is 5.60 Å². The lowest BCUT2D eigenvalue weighted by Crippen LogP contribution is -2.34. The van der Waals surface area contributed by atoms with Crippen LogP contribution in [0.25, 0.3) is 6.08 Å². The monoisotopic (exact) mass is 504 g/mol. The summed E-state index contributed by atoms with van der Waals surface area (Å²) in [6.07, 6.45) is 4.93. The molecule has 0 N–H and O–H groups in total. The topological polar surface area (TPSA) is 9.23 Å². The molecule has 4 aromatic carbocycles. The molecule has 0 spiro atoms. The lowest BCUT2D eigenvalue weighted by atomic mass is 9.80. The molecule has 37 heavy (non-hydrogen) atoms. The molecule has 2 heteroatoms. The molecule has 0 unspecified atom stereocenters. The zero-order valence-electron chi connectivity index (χ0n) is 22.6. The van der Waals surface area contributed by atoms with E-state index >= 15 is 0 Å². The van der Waals surface area contributed by atoms with Gasteiger partial charge in [-0.1, -0.05) is 166 Å². The molecule has 0 radical (unpaired) electrons. The lowest BCUT2D eigenvalue weighted by molar-refractivity contribution is 0.0281. The number of unbranched alkanes of at least 4 members (excludes halogenated alkanes) is 1. The van der Waals surface area contributed by atoms with Gasteiger partial charge in [-0.25, -0.2) is 0 Å². The lowest BCUT2D eigenvalue weighted by Gasteiger charge is -2.37. The Bertz CT molecular complexity index is 1140. The van der Waals surface area contributed by atoms with Crippen LogP contribution in [0.15, 0.2) is 127 Å². The van der Waals surface area contributed by atoms with Crippen LogP contribution in [0.1, 0.15) is 42.0 Å². The number of benzene rings is 4. The van der Waals surface area contributed by atoms with Crippen LogP contribution in [0.5, 0.6) is 0 Å². The Morgan fingerprint density at radius 3 is 1.54 bits per heavy atom. The first-order chi connectivity index (χ1) is 18.0. The van der Waals surface area contributed by atoms with Crippen molar-refractivity contribution in [2.45, 2.75) is 50.5 Å². The van der Waals surface area contributed by atoms with Gasteiger partial charge in [0.2, 0.25) is 0 Å². The van der Waals surface area contributed by atoms with E-state index in [4.69, 9.17) is 4.74 Å². The van der Waals surface area contributed by atoms with Crippen LogP contribution in [0.2, 0.25) is 25.2 Å². The van der Waals surface area contributed by atoms with E-state index < -0.39 is 13.7 Å². The van der Waals surface area contributed by atoms with Crippen molar-refractivity contribution in [3.05, 3.63) is 149 Å². The van der Waals surface area contributed by atoms with Crippen molar-refractivity contribution >= 4 is 14.1 Å². The van der Waals surface area contributed by atoms with Gasteiger partial charge in [0.05, 0.1) is 14.7 Å². The number of rotatable bonds is 12. The molecule has 0 saturated heterocycles. The van der Waals surface area contributed by atoms with Gasteiger partial charge in [-0.2, -0.15) is 0 Å². The van der Waals surface area contributed by atoms with Crippen molar-refractivity contribution in [3.8, 4) is 0 Å². The molecular formula is C35H40OSi. The van der Waals surface area contributed by atoms with Gasteiger partial charge in [0, 0.05) is 0 Å². The molecule has 0 aliphatic heterocycles. The third kappa shape index (κ3) is 6.97. The van der Waals surface area contributed by atoms with Gasteiger partial charge < -0.3 is 4.74 Å². The Kier molecular flexibility index (Phi) is 9.32. The summed E-state index contributed by atoms with van der Waals surface area (Å²) in [6, 6.07) is 45.3. The number of hydrogen-bond acceptors (Lipinski definition) is 1. The van der Waals surface area contributed by atoms with Crippen molar-refractivity contribution in [2.24, 2.45) is 0 Å². The standard InChI is InChI=1S/C35H40OSi/c1-4-5-26-37(2,3)29-31(27-30-18-10-6-11-19-30)28-36-35(32-20-12-7-13-21-32,33-22-14-8-15-23-33)34-24-16-9-17-25-34/h6-25,27H,4-5,26,28-29H2,1-3H3/b31-27-. The molecule has 0 aromatic heterocycles. The zero-order chi connectivity index (χ0) is 26.0. The van der Waals surface area contributed by atoms with Gasteiger partial charge in [0.15, 0.2) is 0 Å². The summed E-state index contributed by atoms with van der Waals surface area (Å²) in [7, 11) is -1.42. The molecule has 190 valence electrons. The molecule has 0 aliphatic rings. The maximum Gasteiger partial charge on any atom is 0.144 e. The quantitative estimate of drug-likeness (QED) is 0.138. The van der Waals surface area contributed by atoms with E-state index in [0.717, 1.165) is 22.7 Å². The molecule has 0 fully saturated rings. The Hall–Kier alpha value is -3.20. The molecule has 0 saturated carbocycles. The maximum absolute atomic E-state index is 7.23. The second kappa shape index (κ2) is 12.9. The first kappa shape index (κ1) is 26.8. The van der Waals surface area contributed by atoms with Crippen LogP contribution in [-0.2, 0) is 10.3 Å². The van der Waals surface area contributed by atoms with E-state index in [2.05, 4.69) is 147 Å². The fourth-order valence-corrected chi connectivity index (χ4v) is 8.18. The highest BCUT2D eigenvalue weighted by Crippen LogP contribution is 2.41. The minimum Gasteiger partial charge on any atom is -0.357 e. The van der Waals surface area contributed by atoms with Crippen molar-refractivity contribution in [1.82, 2.24) is 0 Å². The fraction of sp³-hybridized carbons (Fsp3) is 0.257. The Morgan fingerprint density at radius 1 is 0.676 bits per heavy atom. The molecule has 4 aromatic rings. The normalized spacial score (nSPS) is 12.5. The van der Waals surface area contributed by atoms with Gasteiger partial charge in [0.25, 0.3) is 0 Å². The van der Waals surface area contributed by atoms with E-state index in [-0.39, 0.29) is 0 Å². The Labute approximate surface area is 224 Å². The van der Waals surface area contributed by atoms with Gasteiger partial charge in [-0.15, -0.1) is 0 Å². The number of ether oxygens (including phenoxy) is 1. The summed E-state index contributed by atoms with van der Waals surface area (Å²) >= 11 is 0. The van der Waals surface area contributed by atoms with Crippen LogP contribution < -0.4 is 0 Å². The molecule has 4 rings (SSSR count). The summed E-state index contributed by atoms with van der Waals surface area (Å²) in [5.41, 5.74) is 5.36. The molecule has 0 heterocycles. The van der Waals surface area contributed by atoms with Gasteiger partial charge in [-0.05, 0) is 33.9 Å². The smallest absolute Gasteiger partial charge is 0.144 e. The molecule has 0 aliphatic carbocycles. The van der Waals surface area contributed by atoms with Crippen molar-refractivity contribution in [2.75, 3.05) is 6.61 Å². The van der Waals surface area contributed by atoms with E-state index in [1.807, 2.05) is 0 Å².